The average molecular weight is 544 g/mol. The van der Waals surface area contributed by atoms with E-state index in [1.54, 1.807) is 42.7 Å². The van der Waals surface area contributed by atoms with Crippen LogP contribution in [0.5, 0.6) is 5.88 Å². The van der Waals surface area contributed by atoms with Crippen LogP contribution in [0.2, 0.25) is 0 Å². The lowest BCUT2D eigenvalue weighted by Gasteiger charge is -2.24. The summed E-state index contributed by atoms with van der Waals surface area (Å²) in [6, 6.07) is 14.2. The van der Waals surface area contributed by atoms with Crippen LogP contribution >= 0.6 is 0 Å². The van der Waals surface area contributed by atoms with Crippen molar-refractivity contribution in [2.75, 3.05) is 0 Å². The van der Waals surface area contributed by atoms with E-state index in [0.717, 1.165) is 23.1 Å². The van der Waals surface area contributed by atoms with Crippen molar-refractivity contribution in [2.24, 2.45) is 0 Å². The Labute approximate surface area is 227 Å². The summed E-state index contributed by atoms with van der Waals surface area (Å²) in [6.45, 7) is 5.73. The van der Waals surface area contributed by atoms with Gasteiger partial charge in [0.1, 0.15) is 17.6 Å². The second kappa shape index (κ2) is 11.6. The number of sulfone groups is 1. The second-order valence-corrected chi connectivity index (χ2v) is 11.0. The molecule has 0 fully saturated rings. The Hall–Kier alpha value is -4.36. The fraction of sp³-hybridized carbons (Fsp3) is 0.276. The minimum absolute atomic E-state index is 0.141. The SMILES string of the molecule is CCCCc1nc(=O)c(S(=O)(=O)c2ccc(-c3ccncc3C)cc2)c(O)n1[C@@H](CC)c1cccc(C#N)n1. The minimum Gasteiger partial charge on any atom is -0.493 e. The molecule has 10 heteroatoms. The molecule has 0 radical (unpaired) electrons. The number of unbranched alkanes of at least 4 members (excludes halogenated alkanes) is 1. The predicted octanol–water partition coefficient (Wildman–Crippen LogP) is 4.76. The fourth-order valence-corrected chi connectivity index (χ4v) is 5.92. The zero-order valence-electron chi connectivity index (χ0n) is 22.0. The zero-order chi connectivity index (χ0) is 28.2. The van der Waals surface area contributed by atoms with Gasteiger partial charge in [-0.25, -0.2) is 13.4 Å². The molecule has 1 atom stereocenters. The fourth-order valence-electron chi connectivity index (χ4n) is 4.58. The van der Waals surface area contributed by atoms with E-state index in [1.807, 2.05) is 32.9 Å². The Morgan fingerprint density at radius 3 is 2.46 bits per heavy atom. The molecule has 9 nitrogen and oxygen atoms in total. The maximum Gasteiger partial charge on any atom is 0.296 e. The van der Waals surface area contributed by atoms with Crippen LogP contribution in [0.25, 0.3) is 11.1 Å². The Morgan fingerprint density at radius 2 is 1.82 bits per heavy atom. The van der Waals surface area contributed by atoms with Gasteiger partial charge in [0.2, 0.25) is 15.7 Å². The van der Waals surface area contributed by atoms with Crippen LogP contribution in [0.15, 0.2) is 75.5 Å². The number of pyridine rings is 2. The standard InChI is InChI=1S/C29H29N5O4S/c1-4-6-10-26-33-28(35)27(29(36)34(26)25(5-2)24-9-7-8-21(17-30)32-24)39(37,38)22-13-11-20(12-14-22)23-15-16-31-18-19(23)3/h7-9,11-16,18,25,36H,4-6,10H2,1-3H3/t25-/m0/s1. The molecule has 0 spiro atoms. The number of hydrogen-bond donors (Lipinski definition) is 1. The average Bonchev–Trinajstić information content (AvgIpc) is 2.94. The lowest BCUT2D eigenvalue weighted by atomic mass is 10.0. The van der Waals surface area contributed by atoms with Crippen LogP contribution in [-0.2, 0) is 16.3 Å². The van der Waals surface area contributed by atoms with Crippen LogP contribution in [0.4, 0.5) is 0 Å². The van der Waals surface area contributed by atoms with Crippen molar-refractivity contribution in [3.63, 3.8) is 0 Å². The van der Waals surface area contributed by atoms with E-state index in [0.29, 0.717) is 25.0 Å². The molecule has 0 unspecified atom stereocenters. The van der Waals surface area contributed by atoms with Crippen LogP contribution in [0, 0.1) is 18.3 Å². The van der Waals surface area contributed by atoms with Gasteiger partial charge in [-0.05, 0) is 66.8 Å². The van der Waals surface area contributed by atoms with Crippen molar-refractivity contribution in [1.29, 1.82) is 5.26 Å². The summed E-state index contributed by atoms with van der Waals surface area (Å²) in [7, 11) is -4.44. The highest BCUT2D eigenvalue weighted by atomic mass is 32.2. The Morgan fingerprint density at radius 1 is 1.08 bits per heavy atom. The maximum absolute atomic E-state index is 13.7. The number of aromatic hydroxyl groups is 1. The molecule has 200 valence electrons. The van der Waals surface area contributed by atoms with Gasteiger partial charge in [-0.1, -0.05) is 38.5 Å². The lowest BCUT2D eigenvalue weighted by molar-refractivity contribution is 0.355. The first-order valence-corrected chi connectivity index (χ1v) is 14.2. The largest absolute Gasteiger partial charge is 0.493 e. The van der Waals surface area contributed by atoms with Gasteiger partial charge in [-0.2, -0.15) is 10.2 Å². The van der Waals surface area contributed by atoms with E-state index in [9.17, 15) is 23.6 Å². The molecule has 0 aliphatic carbocycles. The van der Waals surface area contributed by atoms with Gasteiger partial charge in [0, 0.05) is 18.8 Å². The molecule has 39 heavy (non-hydrogen) atoms. The molecule has 3 heterocycles. The van der Waals surface area contributed by atoms with Crippen molar-refractivity contribution in [3.05, 3.63) is 94.1 Å². The molecule has 0 saturated heterocycles. The van der Waals surface area contributed by atoms with Crippen LogP contribution in [0.1, 0.15) is 61.9 Å². The van der Waals surface area contributed by atoms with Crippen molar-refractivity contribution in [2.45, 2.75) is 62.3 Å². The first kappa shape index (κ1) is 27.7. The summed E-state index contributed by atoms with van der Waals surface area (Å²) >= 11 is 0. The Bertz CT molecular complexity index is 1710. The van der Waals surface area contributed by atoms with Crippen molar-refractivity contribution >= 4 is 9.84 Å². The van der Waals surface area contributed by atoms with Crippen molar-refractivity contribution in [3.8, 4) is 23.1 Å². The van der Waals surface area contributed by atoms with E-state index in [2.05, 4.69) is 15.0 Å². The molecule has 0 saturated carbocycles. The highest BCUT2D eigenvalue weighted by Crippen LogP contribution is 2.33. The number of nitriles is 1. The highest BCUT2D eigenvalue weighted by molar-refractivity contribution is 7.91. The first-order chi connectivity index (χ1) is 18.7. The van der Waals surface area contributed by atoms with Crippen molar-refractivity contribution < 1.29 is 13.5 Å². The summed E-state index contributed by atoms with van der Waals surface area (Å²) in [5.41, 5.74) is 2.25. The lowest BCUT2D eigenvalue weighted by Crippen LogP contribution is -2.28. The topological polar surface area (TPSA) is 139 Å². The Balaban J connectivity index is 1.88. The monoisotopic (exact) mass is 543 g/mol. The number of benzene rings is 1. The van der Waals surface area contributed by atoms with Gasteiger partial charge in [-0.3, -0.25) is 14.3 Å². The maximum atomic E-state index is 13.7. The molecular weight excluding hydrogens is 514 g/mol. The van der Waals surface area contributed by atoms with Crippen LogP contribution in [0.3, 0.4) is 0 Å². The summed E-state index contributed by atoms with van der Waals surface area (Å²) in [6.07, 6.45) is 5.61. The molecule has 4 aromatic rings. The smallest absolute Gasteiger partial charge is 0.296 e. The van der Waals surface area contributed by atoms with E-state index >= 15 is 0 Å². The first-order valence-electron chi connectivity index (χ1n) is 12.7. The van der Waals surface area contributed by atoms with Crippen molar-refractivity contribution in [1.82, 2.24) is 19.5 Å². The number of aryl methyl sites for hydroxylation is 2. The third-order valence-electron chi connectivity index (χ3n) is 6.58. The van der Waals surface area contributed by atoms with Gasteiger partial charge >= 0.3 is 0 Å². The molecule has 0 amide bonds. The third-order valence-corrected chi connectivity index (χ3v) is 8.37. The summed E-state index contributed by atoms with van der Waals surface area (Å²) in [5.74, 6) is -0.427. The second-order valence-electron chi connectivity index (χ2n) is 9.16. The van der Waals surface area contributed by atoms with Gasteiger partial charge in [0.15, 0.2) is 4.90 Å². The predicted molar refractivity (Wildman–Crippen MR) is 146 cm³/mol. The quantitative estimate of drug-likeness (QED) is 0.319. The molecular formula is C29H29N5O4S. The molecule has 0 aliphatic heterocycles. The zero-order valence-corrected chi connectivity index (χ0v) is 22.8. The molecule has 1 N–H and O–H groups in total. The van der Waals surface area contributed by atoms with E-state index < -0.39 is 32.2 Å². The van der Waals surface area contributed by atoms with E-state index in [-0.39, 0.29) is 16.4 Å². The van der Waals surface area contributed by atoms with Crippen LogP contribution < -0.4 is 5.56 Å². The molecule has 1 aromatic carbocycles. The number of nitrogens with zero attached hydrogens (tertiary/aromatic N) is 5. The minimum atomic E-state index is -4.44. The van der Waals surface area contributed by atoms with E-state index in [1.165, 1.54) is 16.7 Å². The number of hydrogen-bond acceptors (Lipinski definition) is 8. The number of aromatic nitrogens is 4. The van der Waals surface area contributed by atoms with Gasteiger partial charge in [0.05, 0.1) is 16.6 Å². The van der Waals surface area contributed by atoms with Gasteiger partial charge in [-0.15, -0.1) is 0 Å². The summed E-state index contributed by atoms with van der Waals surface area (Å²) in [5, 5.41) is 20.8. The molecule has 0 bridgehead atoms. The van der Waals surface area contributed by atoms with Crippen LogP contribution in [-0.4, -0.2) is 33.0 Å². The summed E-state index contributed by atoms with van der Waals surface area (Å²) < 4.78 is 28.8. The summed E-state index contributed by atoms with van der Waals surface area (Å²) in [4.78, 5) is 24.8. The normalized spacial score (nSPS) is 12.2. The third kappa shape index (κ3) is 5.45. The van der Waals surface area contributed by atoms with Gasteiger partial charge in [0.25, 0.3) is 5.56 Å². The highest BCUT2D eigenvalue weighted by Gasteiger charge is 2.32. The Kier molecular flexibility index (Phi) is 8.21. The molecule has 0 aliphatic rings. The molecule has 3 aromatic heterocycles. The van der Waals surface area contributed by atoms with Gasteiger partial charge < -0.3 is 5.11 Å². The number of rotatable bonds is 9. The van der Waals surface area contributed by atoms with E-state index in [4.69, 9.17) is 0 Å². The molecule has 4 rings (SSSR count).